The average Bonchev–Trinajstić information content (AvgIpc) is 2.07. The fraction of sp³-hybridized carbons (Fsp3) is 0.250. The maximum absolute atomic E-state index is 10.3. The van der Waals surface area contributed by atoms with Crippen LogP contribution in [0.3, 0.4) is 0 Å². The molecule has 0 bridgehead atoms. The zero-order valence-electron chi connectivity index (χ0n) is 7.02. The van der Waals surface area contributed by atoms with E-state index < -0.39 is 5.97 Å². The molecule has 1 aromatic heterocycles. The quantitative estimate of drug-likeness (QED) is 0.710. The molecule has 0 radical (unpaired) electrons. The van der Waals surface area contributed by atoms with Crippen LogP contribution < -0.4 is 4.74 Å². The number of aromatic nitrogens is 1. The molecule has 0 saturated carbocycles. The van der Waals surface area contributed by atoms with E-state index in [1.807, 2.05) is 0 Å². The Kier molecular flexibility index (Phi) is 2.69. The van der Waals surface area contributed by atoms with Crippen LogP contribution in [-0.2, 0) is 11.2 Å². The minimum Gasteiger partial charge on any atom is -0.503 e. The van der Waals surface area contributed by atoms with Gasteiger partial charge in [0.15, 0.2) is 11.5 Å². The van der Waals surface area contributed by atoms with Crippen LogP contribution in [0.2, 0.25) is 0 Å². The summed E-state index contributed by atoms with van der Waals surface area (Å²) in [7, 11) is 1.39. The van der Waals surface area contributed by atoms with Gasteiger partial charge < -0.3 is 14.9 Å². The first-order valence-electron chi connectivity index (χ1n) is 3.57. The molecule has 70 valence electrons. The summed E-state index contributed by atoms with van der Waals surface area (Å²) in [5.74, 6) is -0.844. The smallest absolute Gasteiger partial charge is 0.309 e. The van der Waals surface area contributed by atoms with E-state index in [1.54, 1.807) is 0 Å². The van der Waals surface area contributed by atoms with Crippen molar-refractivity contribution in [1.29, 1.82) is 0 Å². The van der Waals surface area contributed by atoms with Crippen molar-refractivity contribution in [2.75, 3.05) is 7.11 Å². The third kappa shape index (κ3) is 2.33. The molecular formula is C8H9NO4. The zero-order valence-corrected chi connectivity index (χ0v) is 7.02. The largest absolute Gasteiger partial charge is 0.503 e. The van der Waals surface area contributed by atoms with Crippen molar-refractivity contribution in [2.24, 2.45) is 0 Å². The lowest BCUT2D eigenvalue weighted by Gasteiger charge is -2.03. The summed E-state index contributed by atoms with van der Waals surface area (Å²) in [6.45, 7) is 0. The highest BCUT2D eigenvalue weighted by atomic mass is 16.5. The predicted octanol–water partition coefficient (Wildman–Crippen LogP) is 0.423. The summed E-state index contributed by atoms with van der Waals surface area (Å²) in [6, 6.07) is 1.39. The molecule has 0 atom stereocenters. The Morgan fingerprint density at radius 1 is 1.69 bits per heavy atom. The van der Waals surface area contributed by atoms with E-state index in [1.165, 1.54) is 13.2 Å². The molecule has 0 amide bonds. The molecule has 0 unspecified atom stereocenters. The summed E-state index contributed by atoms with van der Waals surface area (Å²) in [4.78, 5) is 14.0. The van der Waals surface area contributed by atoms with Gasteiger partial charge in [-0.2, -0.15) is 0 Å². The average molecular weight is 183 g/mol. The first-order chi connectivity index (χ1) is 6.13. The van der Waals surface area contributed by atoms with Crippen LogP contribution >= 0.6 is 0 Å². The minimum absolute atomic E-state index is 0.100. The van der Waals surface area contributed by atoms with Crippen molar-refractivity contribution < 1.29 is 19.7 Å². The number of carboxylic acid groups (broad SMARTS) is 1. The van der Waals surface area contributed by atoms with Gasteiger partial charge in [-0.05, 0) is 0 Å². The standard InChI is InChI=1S/C8H9NO4/c1-13-7-2-5(3-8(11)12)9-4-6(7)10/h2,4,10H,3H2,1H3,(H,11,12). The number of nitrogens with zero attached hydrogens (tertiary/aromatic N) is 1. The van der Waals surface area contributed by atoms with Crippen molar-refractivity contribution in [3.05, 3.63) is 18.0 Å². The van der Waals surface area contributed by atoms with Crippen molar-refractivity contribution >= 4 is 5.97 Å². The van der Waals surface area contributed by atoms with Gasteiger partial charge in [-0.1, -0.05) is 0 Å². The fourth-order valence-electron chi connectivity index (χ4n) is 0.885. The molecule has 0 aliphatic rings. The van der Waals surface area contributed by atoms with Crippen LogP contribution in [0.25, 0.3) is 0 Å². The molecule has 5 nitrogen and oxygen atoms in total. The second-order valence-electron chi connectivity index (χ2n) is 2.42. The summed E-state index contributed by atoms with van der Waals surface area (Å²) < 4.78 is 4.78. The number of hydrogen-bond acceptors (Lipinski definition) is 4. The van der Waals surface area contributed by atoms with Crippen LogP contribution in [0.1, 0.15) is 5.69 Å². The monoisotopic (exact) mass is 183 g/mol. The molecule has 1 aromatic rings. The van der Waals surface area contributed by atoms with Crippen LogP contribution in [0.15, 0.2) is 12.3 Å². The maximum Gasteiger partial charge on any atom is 0.309 e. The van der Waals surface area contributed by atoms with Gasteiger partial charge in [0.1, 0.15) is 0 Å². The summed E-state index contributed by atoms with van der Waals surface area (Å²) >= 11 is 0. The summed E-state index contributed by atoms with van der Waals surface area (Å²) in [5, 5.41) is 17.6. The minimum atomic E-state index is -0.972. The molecule has 13 heavy (non-hydrogen) atoms. The molecular weight excluding hydrogens is 174 g/mol. The Morgan fingerprint density at radius 3 is 2.92 bits per heavy atom. The fourth-order valence-corrected chi connectivity index (χ4v) is 0.885. The number of carbonyl (C=O) groups is 1. The summed E-state index contributed by atoms with van der Waals surface area (Å²) in [6.07, 6.45) is 0.980. The van der Waals surface area contributed by atoms with Crippen LogP contribution in [-0.4, -0.2) is 28.3 Å². The number of methoxy groups -OCH3 is 1. The van der Waals surface area contributed by atoms with Gasteiger partial charge >= 0.3 is 5.97 Å². The molecule has 0 aliphatic carbocycles. The first kappa shape index (κ1) is 9.31. The van der Waals surface area contributed by atoms with E-state index in [9.17, 15) is 4.79 Å². The second kappa shape index (κ2) is 3.75. The lowest BCUT2D eigenvalue weighted by molar-refractivity contribution is -0.136. The van der Waals surface area contributed by atoms with E-state index in [4.69, 9.17) is 14.9 Å². The van der Waals surface area contributed by atoms with Crippen LogP contribution in [0, 0.1) is 0 Å². The first-order valence-corrected chi connectivity index (χ1v) is 3.57. The van der Waals surface area contributed by atoms with E-state index in [-0.39, 0.29) is 17.9 Å². The number of aliphatic carboxylic acids is 1. The summed E-state index contributed by atoms with van der Waals surface area (Å²) in [5.41, 5.74) is 0.349. The van der Waals surface area contributed by atoms with E-state index in [0.717, 1.165) is 6.20 Å². The molecule has 0 spiro atoms. The third-order valence-corrected chi connectivity index (χ3v) is 1.46. The van der Waals surface area contributed by atoms with Gasteiger partial charge in [-0.3, -0.25) is 9.78 Å². The Labute approximate surface area is 74.6 Å². The molecule has 0 fully saturated rings. The van der Waals surface area contributed by atoms with Crippen molar-refractivity contribution in [2.45, 2.75) is 6.42 Å². The lowest BCUT2D eigenvalue weighted by atomic mass is 10.2. The zero-order chi connectivity index (χ0) is 9.84. The Morgan fingerprint density at radius 2 is 2.38 bits per heavy atom. The molecule has 2 N–H and O–H groups in total. The topological polar surface area (TPSA) is 79.7 Å². The van der Waals surface area contributed by atoms with Gasteiger partial charge in [0, 0.05) is 6.07 Å². The highest BCUT2D eigenvalue weighted by Crippen LogP contribution is 2.24. The molecule has 0 saturated heterocycles. The molecule has 5 heteroatoms. The SMILES string of the molecule is COc1cc(CC(=O)O)ncc1O. The number of carboxylic acids is 1. The van der Waals surface area contributed by atoms with Crippen LogP contribution in [0.4, 0.5) is 0 Å². The van der Waals surface area contributed by atoms with Crippen LogP contribution in [0.5, 0.6) is 11.5 Å². The Hall–Kier alpha value is -1.78. The predicted molar refractivity (Wildman–Crippen MR) is 43.8 cm³/mol. The second-order valence-corrected chi connectivity index (χ2v) is 2.42. The van der Waals surface area contributed by atoms with Crippen molar-refractivity contribution in [1.82, 2.24) is 4.98 Å². The van der Waals surface area contributed by atoms with Gasteiger partial charge in [0.05, 0.1) is 25.4 Å². The number of rotatable bonds is 3. The maximum atomic E-state index is 10.3. The van der Waals surface area contributed by atoms with E-state index >= 15 is 0 Å². The van der Waals surface area contributed by atoms with Gasteiger partial charge in [0.2, 0.25) is 0 Å². The molecule has 1 rings (SSSR count). The van der Waals surface area contributed by atoms with E-state index in [2.05, 4.69) is 4.98 Å². The third-order valence-electron chi connectivity index (χ3n) is 1.46. The van der Waals surface area contributed by atoms with Gasteiger partial charge in [0.25, 0.3) is 0 Å². The molecule has 0 aromatic carbocycles. The van der Waals surface area contributed by atoms with Gasteiger partial charge in [-0.25, -0.2) is 0 Å². The number of aromatic hydroxyl groups is 1. The normalized spacial score (nSPS) is 9.62. The lowest BCUT2D eigenvalue weighted by Crippen LogP contribution is -2.02. The number of ether oxygens (including phenoxy) is 1. The number of pyridine rings is 1. The van der Waals surface area contributed by atoms with E-state index in [0.29, 0.717) is 5.69 Å². The molecule has 1 heterocycles. The Bertz CT molecular complexity index is 324. The highest BCUT2D eigenvalue weighted by Gasteiger charge is 2.06. The Balaban J connectivity index is 2.92. The van der Waals surface area contributed by atoms with Crippen molar-refractivity contribution in [3.8, 4) is 11.5 Å². The van der Waals surface area contributed by atoms with Gasteiger partial charge in [-0.15, -0.1) is 0 Å². The molecule has 0 aliphatic heterocycles. The van der Waals surface area contributed by atoms with Crippen molar-refractivity contribution in [3.63, 3.8) is 0 Å². The number of hydrogen-bond donors (Lipinski definition) is 2. The highest BCUT2D eigenvalue weighted by molar-refractivity contribution is 5.69.